The largest absolute Gasteiger partial charge is 0.416 e. The molecular formula is C17H9F3. The van der Waals surface area contributed by atoms with Gasteiger partial charge in [-0.05, 0) is 52.2 Å². The van der Waals surface area contributed by atoms with Crippen molar-refractivity contribution in [2.45, 2.75) is 6.18 Å². The van der Waals surface area contributed by atoms with Crippen molar-refractivity contribution in [3.8, 4) is 11.1 Å². The van der Waals surface area contributed by atoms with E-state index in [-0.39, 0.29) is 0 Å². The van der Waals surface area contributed by atoms with E-state index in [2.05, 4.69) is 12.1 Å². The average molecular weight is 270 g/mol. The standard InChI is InChI=1S/C17H9F3/c18-17(19,20)16-9-7-13(8-10-16)15-6-5-12-3-1-2-4-14(12)11-15/h1-6,9-11H. The Bertz CT molecular complexity index is 740. The minimum atomic E-state index is -4.35. The lowest BCUT2D eigenvalue weighted by Crippen LogP contribution is -2.04. The molecule has 0 fully saturated rings. The first-order valence-corrected chi connectivity index (χ1v) is 6.04. The summed E-state index contributed by atoms with van der Waals surface area (Å²) < 4.78 is 37.5. The second-order valence-corrected chi connectivity index (χ2v) is 4.47. The first-order valence-electron chi connectivity index (χ1n) is 6.04. The number of benzene rings is 3. The summed E-state index contributed by atoms with van der Waals surface area (Å²) in [7, 11) is 0. The van der Waals surface area contributed by atoms with Gasteiger partial charge in [-0.1, -0.05) is 36.4 Å². The normalized spacial score (nSPS) is 11.8. The third-order valence-electron chi connectivity index (χ3n) is 3.11. The molecule has 0 heterocycles. The van der Waals surface area contributed by atoms with Crippen molar-refractivity contribution in [1.29, 1.82) is 0 Å². The van der Waals surface area contributed by atoms with Gasteiger partial charge in [-0.3, -0.25) is 0 Å². The maximum absolute atomic E-state index is 12.5. The Morgan fingerprint density at radius 2 is 1.45 bits per heavy atom. The first kappa shape index (κ1) is 12.7. The fourth-order valence-electron chi connectivity index (χ4n) is 2.06. The van der Waals surface area contributed by atoms with Gasteiger partial charge < -0.3 is 0 Å². The van der Waals surface area contributed by atoms with E-state index < -0.39 is 11.7 Å². The Morgan fingerprint density at radius 3 is 2.10 bits per heavy atom. The van der Waals surface area contributed by atoms with Crippen LogP contribution in [-0.2, 0) is 6.18 Å². The lowest BCUT2D eigenvalue weighted by molar-refractivity contribution is -0.137. The Kier molecular flexibility index (Phi) is 2.97. The Labute approximate surface area is 114 Å². The van der Waals surface area contributed by atoms with Crippen LogP contribution in [0.2, 0.25) is 0 Å². The molecule has 3 rings (SSSR count). The third-order valence-corrected chi connectivity index (χ3v) is 3.11. The average Bonchev–Trinajstić information content (AvgIpc) is 2.46. The molecule has 0 bridgehead atoms. The molecule has 0 aliphatic carbocycles. The zero-order valence-corrected chi connectivity index (χ0v) is 10.3. The summed E-state index contributed by atoms with van der Waals surface area (Å²) in [5.74, 6) is 0. The Hall–Kier alpha value is -2.29. The van der Waals surface area contributed by atoms with Crippen LogP contribution >= 0.6 is 0 Å². The summed E-state index contributed by atoms with van der Waals surface area (Å²) in [5, 5.41) is 2.12. The molecule has 0 amide bonds. The topological polar surface area (TPSA) is 0 Å². The number of rotatable bonds is 1. The monoisotopic (exact) mass is 270 g/mol. The van der Waals surface area contributed by atoms with Gasteiger partial charge in [0.05, 0.1) is 5.56 Å². The molecule has 0 aliphatic rings. The minimum Gasteiger partial charge on any atom is -0.166 e. The lowest BCUT2D eigenvalue weighted by Gasteiger charge is -2.07. The van der Waals surface area contributed by atoms with E-state index in [0.717, 1.165) is 28.5 Å². The van der Waals surface area contributed by atoms with Gasteiger partial charge in [0.1, 0.15) is 0 Å². The number of halogens is 3. The highest BCUT2D eigenvalue weighted by molar-refractivity contribution is 5.87. The number of alkyl halides is 3. The van der Waals surface area contributed by atoms with Crippen LogP contribution in [-0.4, -0.2) is 0 Å². The number of hydrogen-bond donors (Lipinski definition) is 0. The number of hydrogen-bond acceptors (Lipinski definition) is 0. The molecule has 0 spiro atoms. The second-order valence-electron chi connectivity index (χ2n) is 4.47. The van der Waals surface area contributed by atoms with E-state index in [1.165, 1.54) is 0 Å². The zero-order chi connectivity index (χ0) is 14.2. The van der Waals surface area contributed by atoms with Crippen molar-refractivity contribution < 1.29 is 13.2 Å². The van der Waals surface area contributed by atoms with Crippen LogP contribution in [0, 0.1) is 12.1 Å². The molecule has 2 radical (unpaired) electrons. The van der Waals surface area contributed by atoms with Crippen LogP contribution in [0.5, 0.6) is 0 Å². The summed E-state index contributed by atoms with van der Waals surface area (Å²) in [5.41, 5.74) is 0.600. The van der Waals surface area contributed by atoms with Crippen LogP contribution in [0.1, 0.15) is 5.56 Å². The molecule has 0 aromatic heterocycles. The Balaban J connectivity index is 2.02. The minimum absolute atomic E-state index is 0.531. The van der Waals surface area contributed by atoms with E-state index in [4.69, 9.17) is 0 Å². The van der Waals surface area contributed by atoms with Crippen LogP contribution < -0.4 is 0 Å². The van der Waals surface area contributed by atoms with Crippen molar-refractivity contribution in [3.05, 3.63) is 72.3 Å². The molecule has 0 saturated heterocycles. The van der Waals surface area contributed by atoms with Crippen LogP contribution in [0.3, 0.4) is 0 Å². The van der Waals surface area contributed by atoms with Gasteiger partial charge >= 0.3 is 6.18 Å². The van der Waals surface area contributed by atoms with Crippen molar-refractivity contribution in [1.82, 2.24) is 0 Å². The third kappa shape index (κ3) is 2.39. The highest BCUT2D eigenvalue weighted by Gasteiger charge is 2.30. The van der Waals surface area contributed by atoms with Gasteiger partial charge in [0.15, 0.2) is 0 Å². The highest BCUT2D eigenvalue weighted by Crippen LogP contribution is 2.31. The van der Waals surface area contributed by atoms with Gasteiger partial charge in [-0.25, -0.2) is 0 Å². The molecule has 0 unspecified atom stereocenters. The highest BCUT2D eigenvalue weighted by atomic mass is 19.4. The molecule has 3 aromatic rings. The van der Waals surface area contributed by atoms with Gasteiger partial charge in [0.25, 0.3) is 0 Å². The summed E-state index contributed by atoms with van der Waals surface area (Å²) >= 11 is 0. The zero-order valence-electron chi connectivity index (χ0n) is 10.3. The van der Waals surface area contributed by atoms with E-state index >= 15 is 0 Å². The lowest BCUT2D eigenvalue weighted by atomic mass is 10.0. The van der Waals surface area contributed by atoms with Crippen LogP contribution in [0.25, 0.3) is 21.9 Å². The quantitative estimate of drug-likeness (QED) is 0.575. The molecule has 0 N–H and O–H groups in total. The van der Waals surface area contributed by atoms with Crippen molar-refractivity contribution in [3.63, 3.8) is 0 Å². The molecule has 0 atom stereocenters. The summed E-state index contributed by atoms with van der Waals surface area (Å²) in [6.45, 7) is 0. The predicted molar refractivity (Wildman–Crippen MR) is 72.1 cm³/mol. The van der Waals surface area contributed by atoms with Gasteiger partial charge in [-0.15, -0.1) is 0 Å². The van der Waals surface area contributed by atoms with Gasteiger partial charge in [-0.2, -0.15) is 13.2 Å². The molecule has 20 heavy (non-hydrogen) atoms. The van der Waals surface area contributed by atoms with E-state index in [1.807, 2.05) is 42.5 Å². The maximum Gasteiger partial charge on any atom is 0.416 e. The Morgan fingerprint density at radius 1 is 0.800 bits per heavy atom. The van der Waals surface area contributed by atoms with Gasteiger partial charge in [0.2, 0.25) is 0 Å². The smallest absolute Gasteiger partial charge is 0.166 e. The molecule has 3 heteroatoms. The van der Waals surface area contributed by atoms with Crippen molar-refractivity contribution in [2.75, 3.05) is 0 Å². The molecule has 0 saturated carbocycles. The van der Waals surface area contributed by atoms with Gasteiger partial charge in [0, 0.05) is 0 Å². The van der Waals surface area contributed by atoms with Crippen molar-refractivity contribution in [2.24, 2.45) is 0 Å². The molecule has 0 aliphatic heterocycles. The molecule has 3 aromatic carbocycles. The summed E-state index contributed by atoms with van der Waals surface area (Å²) in [6, 6.07) is 20.7. The SMILES string of the molecule is FC(F)(F)c1c[c]c(-c2ccc3ccccc3c2)[c]c1. The predicted octanol–water partition coefficient (Wildman–Crippen LogP) is 5.13. The molecule has 98 valence electrons. The molecular weight excluding hydrogens is 261 g/mol. The molecule has 0 nitrogen and oxygen atoms in total. The fraction of sp³-hybridized carbons (Fsp3) is 0.0588. The number of fused-ring (bicyclic) bond motifs is 1. The van der Waals surface area contributed by atoms with E-state index in [0.29, 0.717) is 5.56 Å². The van der Waals surface area contributed by atoms with Crippen molar-refractivity contribution >= 4 is 10.8 Å². The summed E-state index contributed by atoms with van der Waals surface area (Å²) in [4.78, 5) is 0. The maximum atomic E-state index is 12.5. The van der Waals surface area contributed by atoms with E-state index in [9.17, 15) is 13.2 Å². The van der Waals surface area contributed by atoms with E-state index in [1.54, 1.807) is 0 Å². The fourth-order valence-corrected chi connectivity index (χ4v) is 2.06. The van der Waals surface area contributed by atoms with Crippen LogP contribution in [0.4, 0.5) is 13.2 Å². The van der Waals surface area contributed by atoms with Crippen LogP contribution in [0.15, 0.2) is 54.6 Å². The first-order chi connectivity index (χ1) is 9.54. The second kappa shape index (κ2) is 4.67. The summed E-state index contributed by atoms with van der Waals surface area (Å²) in [6.07, 6.45) is -4.35.